The Morgan fingerprint density at radius 3 is 3.00 bits per heavy atom. The van der Waals surface area contributed by atoms with Gasteiger partial charge < -0.3 is 9.32 Å². The number of carbonyl (C=O) groups excluding carboxylic acids is 1. The molecule has 0 aliphatic carbocycles. The number of hydrogen-bond donors (Lipinski definition) is 0. The van der Waals surface area contributed by atoms with E-state index in [1.54, 1.807) is 29.8 Å². The summed E-state index contributed by atoms with van der Waals surface area (Å²) in [5.41, 5.74) is 1.02. The first-order chi connectivity index (χ1) is 11.8. The molecule has 1 unspecified atom stereocenters. The molecule has 0 bridgehead atoms. The first-order valence-electron chi connectivity index (χ1n) is 8.19. The molecule has 3 heterocycles. The summed E-state index contributed by atoms with van der Waals surface area (Å²) in [5, 5.41) is 1.04. The number of thiazole rings is 1. The molecule has 3 aromatic rings. The highest BCUT2D eigenvalue weighted by molar-refractivity contribution is 7.18. The number of furan rings is 1. The van der Waals surface area contributed by atoms with Gasteiger partial charge in [-0.3, -0.25) is 4.79 Å². The van der Waals surface area contributed by atoms with Crippen LogP contribution in [0.3, 0.4) is 0 Å². The molecule has 24 heavy (non-hydrogen) atoms. The van der Waals surface area contributed by atoms with Gasteiger partial charge in [0.15, 0.2) is 0 Å². The Labute approximate surface area is 144 Å². The van der Waals surface area contributed by atoms with E-state index in [1.807, 2.05) is 35.2 Å². The predicted octanol–water partition coefficient (Wildman–Crippen LogP) is 4.66. The SMILES string of the molecule is O=C(C=Cc1ccco1)N1CCCCC1c1nc2ccccc2s1. The van der Waals surface area contributed by atoms with Crippen LogP contribution < -0.4 is 0 Å². The summed E-state index contributed by atoms with van der Waals surface area (Å²) in [5.74, 6) is 0.715. The second kappa shape index (κ2) is 6.61. The summed E-state index contributed by atoms with van der Waals surface area (Å²) in [6, 6.07) is 11.9. The molecular formula is C19H18N2O2S. The summed E-state index contributed by atoms with van der Waals surface area (Å²) in [4.78, 5) is 19.4. The second-order valence-electron chi connectivity index (χ2n) is 5.91. The van der Waals surface area contributed by atoms with E-state index < -0.39 is 0 Å². The van der Waals surface area contributed by atoms with Crippen molar-refractivity contribution in [1.29, 1.82) is 0 Å². The van der Waals surface area contributed by atoms with E-state index in [0.29, 0.717) is 5.76 Å². The molecule has 1 aliphatic rings. The van der Waals surface area contributed by atoms with Crippen LogP contribution in [0.4, 0.5) is 0 Å². The molecular weight excluding hydrogens is 320 g/mol. The zero-order chi connectivity index (χ0) is 16.4. The number of rotatable bonds is 3. The van der Waals surface area contributed by atoms with Crippen LogP contribution in [0.1, 0.15) is 36.1 Å². The third-order valence-corrected chi connectivity index (χ3v) is 5.45. The maximum absolute atomic E-state index is 12.7. The van der Waals surface area contributed by atoms with Crippen LogP contribution in [-0.4, -0.2) is 22.3 Å². The number of benzene rings is 1. The highest BCUT2D eigenvalue weighted by Gasteiger charge is 2.29. The molecule has 5 heteroatoms. The van der Waals surface area contributed by atoms with E-state index >= 15 is 0 Å². The minimum absolute atomic E-state index is 0.0235. The highest BCUT2D eigenvalue weighted by Crippen LogP contribution is 2.35. The standard InChI is InChI=1S/C19H18N2O2S/c22-18(11-10-14-6-5-13-23-14)21-12-4-3-8-16(21)19-20-15-7-1-2-9-17(15)24-19/h1-2,5-7,9-11,13,16H,3-4,8,12H2. The van der Waals surface area contributed by atoms with Gasteiger partial charge in [0.1, 0.15) is 10.8 Å². The van der Waals surface area contributed by atoms with Crippen molar-refractivity contribution < 1.29 is 9.21 Å². The lowest BCUT2D eigenvalue weighted by atomic mass is 10.0. The first kappa shape index (κ1) is 15.1. The zero-order valence-corrected chi connectivity index (χ0v) is 14.0. The van der Waals surface area contributed by atoms with E-state index in [9.17, 15) is 4.79 Å². The van der Waals surface area contributed by atoms with Crippen LogP contribution in [0.25, 0.3) is 16.3 Å². The fourth-order valence-corrected chi connectivity index (χ4v) is 4.24. The Hall–Kier alpha value is -2.40. The van der Waals surface area contributed by atoms with Crippen LogP contribution in [0.2, 0.25) is 0 Å². The minimum Gasteiger partial charge on any atom is -0.465 e. The molecule has 0 saturated carbocycles. The summed E-state index contributed by atoms with van der Waals surface area (Å²) >= 11 is 1.69. The Balaban J connectivity index is 1.59. The van der Waals surface area contributed by atoms with E-state index in [0.717, 1.165) is 36.3 Å². The number of para-hydroxylation sites is 1. The van der Waals surface area contributed by atoms with Crippen LogP contribution in [0.15, 0.2) is 53.2 Å². The van der Waals surface area contributed by atoms with Crippen LogP contribution in [0.5, 0.6) is 0 Å². The molecule has 0 radical (unpaired) electrons. The van der Waals surface area contributed by atoms with Crippen molar-refractivity contribution in [2.45, 2.75) is 25.3 Å². The number of likely N-dealkylation sites (tertiary alicyclic amines) is 1. The number of hydrogen-bond acceptors (Lipinski definition) is 4. The lowest BCUT2D eigenvalue weighted by Gasteiger charge is -2.33. The molecule has 2 aromatic heterocycles. The summed E-state index contributed by atoms with van der Waals surface area (Å²) in [6.07, 6.45) is 8.08. The number of carbonyl (C=O) groups is 1. The molecule has 4 nitrogen and oxygen atoms in total. The predicted molar refractivity (Wildman–Crippen MR) is 95.7 cm³/mol. The normalized spacial score (nSPS) is 18.5. The maximum atomic E-state index is 12.7. The lowest BCUT2D eigenvalue weighted by molar-refractivity contribution is -0.129. The Bertz CT molecular complexity index is 834. The fraction of sp³-hybridized carbons (Fsp3) is 0.263. The molecule has 1 atom stereocenters. The smallest absolute Gasteiger partial charge is 0.247 e. The van der Waals surface area contributed by atoms with Gasteiger partial charge in [0.25, 0.3) is 0 Å². The highest BCUT2D eigenvalue weighted by atomic mass is 32.1. The van der Waals surface area contributed by atoms with Crippen LogP contribution in [-0.2, 0) is 4.79 Å². The minimum atomic E-state index is 0.0235. The zero-order valence-electron chi connectivity index (χ0n) is 13.2. The average Bonchev–Trinajstić information content (AvgIpc) is 3.29. The average molecular weight is 338 g/mol. The third kappa shape index (κ3) is 2.99. The van der Waals surface area contributed by atoms with Crippen molar-refractivity contribution in [3.8, 4) is 0 Å². The van der Waals surface area contributed by atoms with Gasteiger partial charge in [-0.05, 0) is 49.6 Å². The van der Waals surface area contributed by atoms with Crippen molar-refractivity contribution in [1.82, 2.24) is 9.88 Å². The molecule has 0 N–H and O–H groups in total. The third-order valence-electron chi connectivity index (χ3n) is 4.31. The molecule has 1 saturated heterocycles. The molecule has 0 spiro atoms. The number of nitrogens with zero attached hydrogens (tertiary/aromatic N) is 2. The summed E-state index contributed by atoms with van der Waals surface area (Å²) in [7, 11) is 0. The van der Waals surface area contributed by atoms with Crippen molar-refractivity contribution in [3.63, 3.8) is 0 Å². The van der Waals surface area contributed by atoms with Gasteiger partial charge in [-0.2, -0.15) is 0 Å². The Morgan fingerprint density at radius 1 is 1.25 bits per heavy atom. The van der Waals surface area contributed by atoms with Crippen molar-refractivity contribution in [2.75, 3.05) is 6.54 Å². The van der Waals surface area contributed by atoms with Crippen molar-refractivity contribution in [2.24, 2.45) is 0 Å². The molecule has 122 valence electrons. The van der Waals surface area contributed by atoms with E-state index in [2.05, 4.69) is 6.07 Å². The van der Waals surface area contributed by atoms with Crippen molar-refractivity contribution in [3.05, 3.63) is 59.5 Å². The van der Waals surface area contributed by atoms with Gasteiger partial charge in [-0.25, -0.2) is 4.98 Å². The van der Waals surface area contributed by atoms with Gasteiger partial charge in [0, 0.05) is 12.6 Å². The van der Waals surface area contributed by atoms with Gasteiger partial charge >= 0.3 is 0 Å². The number of piperidine rings is 1. The Morgan fingerprint density at radius 2 is 2.17 bits per heavy atom. The van der Waals surface area contributed by atoms with Gasteiger partial charge in [0.05, 0.1) is 22.5 Å². The van der Waals surface area contributed by atoms with Gasteiger partial charge in [-0.15, -0.1) is 11.3 Å². The van der Waals surface area contributed by atoms with Gasteiger partial charge in [-0.1, -0.05) is 12.1 Å². The van der Waals surface area contributed by atoms with Gasteiger partial charge in [0.2, 0.25) is 5.91 Å². The fourth-order valence-electron chi connectivity index (χ4n) is 3.12. The molecule has 1 aliphatic heterocycles. The molecule has 4 rings (SSSR count). The lowest BCUT2D eigenvalue weighted by Crippen LogP contribution is -2.37. The largest absolute Gasteiger partial charge is 0.465 e. The van der Waals surface area contributed by atoms with E-state index in [4.69, 9.17) is 9.40 Å². The quantitative estimate of drug-likeness (QED) is 0.653. The van der Waals surface area contributed by atoms with Crippen molar-refractivity contribution >= 4 is 33.5 Å². The topological polar surface area (TPSA) is 46.3 Å². The summed E-state index contributed by atoms with van der Waals surface area (Å²) in [6.45, 7) is 0.780. The van der Waals surface area contributed by atoms with Crippen LogP contribution >= 0.6 is 11.3 Å². The van der Waals surface area contributed by atoms with Crippen LogP contribution in [0, 0.1) is 0 Å². The second-order valence-corrected chi connectivity index (χ2v) is 6.97. The van der Waals surface area contributed by atoms with E-state index in [1.165, 1.54) is 4.70 Å². The first-order valence-corrected chi connectivity index (χ1v) is 9.00. The number of aromatic nitrogens is 1. The Kier molecular flexibility index (Phi) is 4.17. The number of amides is 1. The van der Waals surface area contributed by atoms with E-state index in [-0.39, 0.29) is 11.9 Å². The maximum Gasteiger partial charge on any atom is 0.247 e. The molecule has 1 aromatic carbocycles. The molecule has 1 amide bonds. The monoisotopic (exact) mass is 338 g/mol. The number of fused-ring (bicyclic) bond motifs is 1. The molecule has 1 fully saturated rings. The summed E-state index contributed by atoms with van der Waals surface area (Å²) < 4.78 is 6.43.